The highest BCUT2D eigenvalue weighted by Gasteiger charge is 2.31. The molecular formula is C23H26N4O2S. The van der Waals surface area contributed by atoms with Gasteiger partial charge in [0.2, 0.25) is 11.8 Å². The van der Waals surface area contributed by atoms with Gasteiger partial charge < -0.3 is 10.2 Å². The summed E-state index contributed by atoms with van der Waals surface area (Å²) in [6.07, 6.45) is 1.27. The molecule has 2 aromatic heterocycles. The van der Waals surface area contributed by atoms with Gasteiger partial charge in [0.1, 0.15) is 0 Å². The number of hydrogen-bond donors (Lipinski definition) is 1. The number of thiophene rings is 1. The van der Waals surface area contributed by atoms with Crippen molar-refractivity contribution in [3.05, 3.63) is 69.2 Å². The van der Waals surface area contributed by atoms with E-state index in [1.54, 1.807) is 18.3 Å². The van der Waals surface area contributed by atoms with Crippen LogP contribution in [0.15, 0.2) is 41.8 Å². The molecule has 0 radical (unpaired) electrons. The van der Waals surface area contributed by atoms with Crippen LogP contribution in [0.2, 0.25) is 0 Å². The van der Waals surface area contributed by atoms with Crippen LogP contribution >= 0.6 is 11.3 Å². The fraction of sp³-hybridized carbons (Fsp3) is 0.348. The first-order valence-corrected chi connectivity index (χ1v) is 11.0. The van der Waals surface area contributed by atoms with E-state index < -0.39 is 0 Å². The van der Waals surface area contributed by atoms with E-state index in [1.165, 1.54) is 10.4 Å². The van der Waals surface area contributed by atoms with E-state index >= 15 is 0 Å². The number of nitrogens with one attached hydrogen (secondary N) is 1. The molecule has 6 nitrogen and oxygen atoms in total. The lowest BCUT2D eigenvalue weighted by molar-refractivity contribution is -0.130. The Bertz CT molecular complexity index is 1070. The molecule has 1 N–H and O–H groups in total. The molecule has 1 aliphatic heterocycles. The summed E-state index contributed by atoms with van der Waals surface area (Å²) >= 11 is 1.75. The fourth-order valence-corrected chi connectivity index (χ4v) is 5.00. The zero-order valence-corrected chi connectivity index (χ0v) is 18.3. The summed E-state index contributed by atoms with van der Waals surface area (Å²) < 4.78 is 1.86. The van der Waals surface area contributed by atoms with Gasteiger partial charge in [-0.25, -0.2) is 0 Å². The van der Waals surface area contributed by atoms with Crippen LogP contribution in [0, 0.1) is 13.8 Å². The molecule has 0 saturated carbocycles. The molecule has 0 spiro atoms. The number of rotatable bonds is 5. The van der Waals surface area contributed by atoms with Gasteiger partial charge in [0.05, 0.1) is 11.7 Å². The van der Waals surface area contributed by atoms with Crippen LogP contribution in [-0.2, 0) is 22.6 Å². The largest absolute Gasteiger partial charge is 0.331 e. The molecule has 0 saturated heterocycles. The van der Waals surface area contributed by atoms with E-state index in [0.29, 0.717) is 13.0 Å². The number of carbonyl (C=O) groups excluding carboxylic acids is 2. The lowest BCUT2D eigenvalue weighted by Crippen LogP contribution is -2.38. The Kier molecular flexibility index (Phi) is 5.72. The van der Waals surface area contributed by atoms with Gasteiger partial charge >= 0.3 is 0 Å². The minimum atomic E-state index is -0.0618. The van der Waals surface area contributed by atoms with E-state index in [1.807, 2.05) is 53.8 Å². The second-order valence-electron chi connectivity index (χ2n) is 7.73. The first kappa shape index (κ1) is 20.3. The average Bonchev–Trinajstić information content (AvgIpc) is 3.31. The maximum Gasteiger partial charge on any atom is 0.226 e. The molecular weight excluding hydrogens is 396 g/mol. The number of aromatic nitrogens is 2. The monoisotopic (exact) mass is 422 g/mol. The summed E-state index contributed by atoms with van der Waals surface area (Å²) in [7, 11) is 0. The minimum absolute atomic E-state index is 0.0431. The number of hydrogen-bond acceptors (Lipinski definition) is 4. The summed E-state index contributed by atoms with van der Waals surface area (Å²) in [6, 6.07) is 11.9. The third kappa shape index (κ3) is 4.16. The van der Waals surface area contributed by atoms with Crippen LogP contribution < -0.4 is 5.32 Å². The lowest BCUT2D eigenvalue weighted by atomic mass is 9.93. The number of fused-ring (bicyclic) bond motifs is 1. The van der Waals surface area contributed by atoms with Crippen molar-refractivity contribution < 1.29 is 9.59 Å². The highest BCUT2D eigenvalue weighted by Crippen LogP contribution is 2.38. The van der Waals surface area contributed by atoms with Crippen molar-refractivity contribution in [2.75, 3.05) is 11.9 Å². The number of anilines is 1. The number of benzene rings is 1. The van der Waals surface area contributed by atoms with Crippen LogP contribution in [0.25, 0.3) is 0 Å². The highest BCUT2D eigenvalue weighted by molar-refractivity contribution is 7.10. The molecule has 0 bridgehead atoms. The number of amides is 2. The van der Waals surface area contributed by atoms with Gasteiger partial charge in [0.25, 0.3) is 0 Å². The summed E-state index contributed by atoms with van der Waals surface area (Å²) in [4.78, 5) is 27.8. The van der Waals surface area contributed by atoms with Crippen molar-refractivity contribution in [2.45, 2.75) is 46.2 Å². The molecule has 1 unspecified atom stereocenters. The Morgan fingerprint density at radius 1 is 1.20 bits per heavy atom. The van der Waals surface area contributed by atoms with Crippen molar-refractivity contribution in [1.29, 1.82) is 0 Å². The average molecular weight is 423 g/mol. The van der Waals surface area contributed by atoms with Crippen molar-refractivity contribution in [3.8, 4) is 0 Å². The molecule has 0 aliphatic carbocycles. The van der Waals surface area contributed by atoms with Gasteiger partial charge in [-0.2, -0.15) is 5.10 Å². The second-order valence-corrected chi connectivity index (χ2v) is 8.74. The SMILES string of the molecule is CC(=O)N1CCc2sccc2C1c1ccc(NC(=O)CCn2nc(C)cc2C)cc1. The summed E-state index contributed by atoms with van der Waals surface area (Å²) in [6.45, 7) is 6.86. The first-order valence-electron chi connectivity index (χ1n) is 10.2. The van der Waals surface area contributed by atoms with E-state index in [9.17, 15) is 9.59 Å². The van der Waals surface area contributed by atoms with E-state index in [-0.39, 0.29) is 17.9 Å². The number of carbonyl (C=O) groups is 2. The molecule has 7 heteroatoms. The zero-order valence-electron chi connectivity index (χ0n) is 17.5. The number of nitrogens with zero attached hydrogens (tertiary/aromatic N) is 3. The highest BCUT2D eigenvalue weighted by atomic mass is 32.1. The topological polar surface area (TPSA) is 67.2 Å². The molecule has 156 valence electrons. The van der Waals surface area contributed by atoms with Crippen molar-refractivity contribution in [2.24, 2.45) is 0 Å². The van der Waals surface area contributed by atoms with Gasteiger partial charge in [-0.1, -0.05) is 12.1 Å². The van der Waals surface area contributed by atoms with Gasteiger partial charge in [0, 0.05) is 42.7 Å². The maximum atomic E-state index is 12.4. The smallest absolute Gasteiger partial charge is 0.226 e. The standard InChI is InChI=1S/C23H26N4O2S/c1-15-14-16(2)27(25-15)12-9-22(29)24-19-6-4-18(5-7-19)23-20-10-13-30-21(20)8-11-26(23)17(3)28/h4-7,10,13-14,23H,8-9,11-12H2,1-3H3,(H,24,29). The molecule has 1 aromatic carbocycles. The van der Waals surface area contributed by atoms with Crippen molar-refractivity contribution >= 4 is 28.8 Å². The Hall–Kier alpha value is -2.93. The Balaban J connectivity index is 1.44. The fourth-order valence-electron chi connectivity index (χ4n) is 4.10. The maximum absolute atomic E-state index is 12.4. The second kappa shape index (κ2) is 8.44. The van der Waals surface area contributed by atoms with Crippen LogP contribution in [0.1, 0.15) is 46.8 Å². The molecule has 1 aliphatic rings. The number of aryl methyl sites for hydroxylation is 3. The molecule has 3 aromatic rings. The van der Waals surface area contributed by atoms with Crippen molar-refractivity contribution in [3.63, 3.8) is 0 Å². The zero-order chi connectivity index (χ0) is 21.3. The molecule has 4 rings (SSSR count). The van der Waals surface area contributed by atoms with Crippen LogP contribution in [-0.4, -0.2) is 33.0 Å². The van der Waals surface area contributed by atoms with Gasteiger partial charge in [-0.15, -0.1) is 11.3 Å². The molecule has 30 heavy (non-hydrogen) atoms. The lowest BCUT2D eigenvalue weighted by Gasteiger charge is -2.35. The summed E-state index contributed by atoms with van der Waals surface area (Å²) in [5.41, 5.74) is 5.04. The predicted molar refractivity (Wildman–Crippen MR) is 119 cm³/mol. The Labute approximate surface area is 180 Å². The third-order valence-electron chi connectivity index (χ3n) is 5.53. The third-order valence-corrected chi connectivity index (χ3v) is 6.53. The van der Waals surface area contributed by atoms with Crippen LogP contribution in [0.4, 0.5) is 5.69 Å². The molecule has 2 amide bonds. The van der Waals surface area contributed by atoms with Gasteiger partial charge in [-0.3, -0.25) is 14.3 Å². The molecule has 1 atom stereocenters. The van der Waals surface area contributed by atoms with Crippen LogP contribution in [0.3, 0.4) is 0 Å². The summed E-state index contributed by atoms with van der Waals surface area (Å²) in [5.74, 6) is 0.0387. The normalized spacial score (nSPS) is 15.7. The van der Waals surface area contributed by atoms with Gasteiger partial charge in [-0.05, 0) is 61.0 Å². The summed E-state index contributed by atoms with van der Waals surface area (Å²) in [5, 5.41) is 9.45. The molecule has 3 heterocycles. The van der Waals surface area contributed by atoms with E-state index in [4.69, 9.17) is 0 Å². The Morgan fingerprint density at radius 3 is 2.63 bits per heavy atom. The Morgan fingerprint density at radius 2 is 1.97 bits per heavy atom. The molecule has 0 fully saturated rings. The minimum Gasteiger partial charge on any atom is -0.331 e. The van der Waals surface area contributed by atoms with E-state index in [0.717, 1.165) is 35.6 Å². The van der Waals surface area contributed by atoms with Gasteiger partial charge in [0.15, 0.2) is 0 Å². The first-order chi connectivity index (χ1) is 14.4. The van der Waals surface area contributed by atoms with Crippen LogP contribution in [0.5, 0.6) is 0 Å². The quantitative estimate of drug-likeness (QED) is 0.674. The van der Waals surface area contributed by atoms with Crippen molar-refractivity contribution in [1.82, 2.24) is 14.7 Å². The van der Waals surface area contributed by atoms with E-state index in [2.05, 4.69) is 21.9 Å². The predicted octanol–water partition coefficient (Wildman–Crippen LogP) is 4.08.